The van der Waals surface area contributed by atoms with Crippen molar-refractivity contribution in [1.29, 1.82) is 0 Å². The van der Waals surface area contributed by atoms with E-state index in [-0.39, 0.29) is 11.8 Å². The molecule has 0 aliphatic heterocycles. The standard InChI is InChI=1S/C13H16FN5O/c1-4-15-11-16-12(19(2)3)18-13(17-11)20-10-8-6-5-7-9(10)14/h5-8H,4H2,1-3H3,(H,15,16,17,18). The van der Waals surface area contributed by atoms with Gasteiger partial charge in [0, 0.05) is 20.6 Å². The highest BCUT2D eigenvalue weighted by Crippen LogP contribution is 2.23. The molecule has 1 N–H and O–H groups in total. The highest BCUT2D eigenvalue weighted by atomic mass is 19.1. The van der Waals surface area contributed by atoms with E-state index in [0.717, 1.165) is 0 Å². The second-order valence-corrected chi connectivity index (χ2v) is 4.20. The molecule has 0 radical (unpaired) electrons. The molecule has 2 rings (SSSR count). The maximum absolute atomic E-state index is 13.6. The second kappa shape index (κ2) is 6.14. The lowest BCUT2D eigenvalue weighted by atomic mass is 10.3. The number of hydrogen-bond donors (Lipinski definition) is 1. The number of benzene rings is 1. The van der Waals surface area contributed by atoms with Crippen LogP contribution in [0.1, 0.15) is 6.92 Å². The predicted molar refractivity (Wildman–Crippen MR) is 74.8 cm³/mol. The molecule has 20 heavy (non-hydrogen) atoms. The summed E-state index contributed by atoms with van der Waals surface area (Å²) in [5.74, 6) is 0.426. The lowest BCUT2D eigenvalue weighted by Gasteiger charge is -2.13. The minimum Gasteiger partial charge on any atom is -0.421 e. The van der Waals surface area contributed by atoms with Gasteiger partial charge in [0.05, 0.1) is 0 Å². The monoisotopic (exact) mass is 277 g/mol. The maximum Gasteiger partial charge on any atom is 0.328 e. The fourth-order valence-corrected chi connectivity index (χ4v) is 1.45. The topological polar surface area (TPSA) is 63.2 Å². The molecule has 0 bridgehead atoms. The number of nitrogens with one attached hydrogen (secondary N) is 1. The zero-order valence-electron chi connectivity index (χ0n) is 11.6. The normalized spacial score (nSPS) is 10.2. The summed E-state index contributed by atoms with van der Waals surface area (Å²) in [6.45, 7) is 2.59. The summed E-state index contributed by atoms with van der Waals surface area (Å²) >= 11 is 0. The minimum absolute atomic E-state index is 0.0461. The Morgan fingerprint density at radius 3 is 2.60 bits per heavy atom. The number of rotatable bonds is 5. The van der Waals surface area contributed by atoms with Crippen LogP contribution in [0.2, 0.25) is 0 Å². The van der Waals surface area contributed by atoms with Crippen LogP contribution in [0.5, 0.6) is 11.8 Å². The first-order chi connectivity index (χ1) is 9.60. The summed E-state index contributed by atoms with van der Waals surface area (Å²) in [6, 6.07) is 6.14. The molecule has 0 aliphatic rings. The average Bonchev–Trinajstić information content (AvgIpc) is 2.41. The summed E-state index contributed by atoms with van der Waals surface area (Å²) < 4.78 is 18.9. The van der Waals surface area contributed by atoms with Crippen LogP contribution in [0.4, 0.5) is 16.3 Å². The van der Waals surface area contributed by atoms with Gasteiger partial charge in [0.25, 0.3) is 0 Å². The fourth-order valence-electron chi connectivity index (χ4n) is 1.45. The van der Waals surface area contributed by atoms with Crippen LogP contribution >= 0.6 is 0 Å². The van der Waals surface area contributed by atoms with Crippen molar-refractivity contribution in [2.24, 2.45) is 0 Å². The Labute approximate surface area is 116 Å². The first-order valence-corrected chi connectivity index (χ1v) is 6.19. The number of ether oxygens (including phenoxy) is 1. The lowest BCUT2D eigenvalue weighted by molar-refractivity contribution is 0.410. The molecule has 106 valence electrons. The summed E-state index contributed by atoms with van der Waals surface area (Å²) in [5.41, 5.74) is 0. The van der Waals surface area contributed by atoms with Gasteiger partial charge in [-0.15, -0.1) is 0 Å². The zero-order valence-corrected chi connectivity index (χ0v) is 11.6. The van der Waals surface area contributed by atoms with Crippen molar-refractivity contribution in [3.8, 4) is 11.8 Å². The van der Waals surface area contributed by atoms with Crippen molar-refractivity contribution in [3.05, 3.63) is 30.1 Å². The minimum atomic E-state index is -0.468. The second-order valence-electron chi connectivity index (χ2n) is 4.20. The molecule has 0 unspecified atom stereocenters. The van der Waals surface area contributed by atoms with E-state index in [1.54, 1.807) is 31.1 Å². The molecule has 1 heterocycles. The number of anilines is 2. The molecule has 0 atom stereocenters. The Hall–Kier alpha value is -2.44. The van der Waals surface area contributed by atoms with Crippen molar-refractivity contribution in [2.75, 3.05) is 30.9 Å². The third-order valence-electron chi connectivity index (χ3n) is 2.38. The predicted octanol–water partition coefficient (Wildman–Crippen LogP) is 2.30. The van der Waals surface area contributed by atoms with Crippen LogP contribution in [0.25, 0.3) is 0 Å². The summed E-state index contributed by atoms with van der Waals surface area (Å²) in [6.07, 6.45) is 0. The molecule has 0 saturated carbocycles. The van der Waals surface area contributed by atoms with E-state index in [9.17, 15) is 4.39 Å². The molecule has 1 aromatic heterocycles. The highest BCUT2D eigenvalue weighted by Gasteiger charge is 2.11. The molecule has 6 nitrogen and oxygen atoms in total. The van der Waals surface area contributed by atoms with Crippen LogP contribution in [0, 0.1) is 5.82 Å². The number of hydrogen-bond acceptors (Lipinski definition) is 6. The Balaban J connectivity index is 2.33. The molecule has 2 aromatic rings. The molecule has 7 heteroatoms. The molecule has 1 aromatic carbocycles. The molecular weight excluding hydrogens is 261 g/mol. The molecule has 0 saturated heterocycles. The van der Waals surface area contributed by atoms with Gasteiger partial charge in [-0.1, -0.05) is 12.1 Å². The molecule has 0 spiro atoms. The fraction of sp³-hybridized carbons (Fsp3) is 0.308. The van der Waals surface area contributed by atoms with Crippen LogP contribution in [0.15, 0.2) is 24.3 Å². The molecular formula is C13H16FN5O. The summed E-state index contributed by atoms with van der Waals surface area (Å²) in [5, 5.41) is 2.98. The quantitative estimate of drug-likeness (QED) is 0.904. The smallest absolute Gasteiger partial charge is 0.328 e. The summed E-state index contributed by atoms with van der Waals surface area (Å²) in [4.78, 5) is 14.1. The van der Waals surface area contributed by atoms with Gasteiger partial charge in [0.15, 0.2) is 11.6 Å². The first kappa shape index (κ1) is 14.0. The zero-order chi connectivity index (χ0) is 14.5. The van der Waals surface area contributed by atoms with E-state index in [1.165, 1.54) is 12.1 Å². The number of halogens is 1. The van der Waals surface area contributed by atoms with Gasteiger partial charge in [0.1, 0.15) is 0 Å². The van der Waals surface area contributed by atoms with Crippen molar-refractivity contribution < 1.29 is 9.13 Å². The van der Waals surface area contributed by atoms with Crippen molar-refractivity contribution in [2.45, 2.75) is 6.92 Å². The molecule has 0 fully saturated rings. The van der Waals surface area contributed by atoms with Crippen molar-refractivity contribution in [3.63, 3.8) is 0 Å². The van der Waals surface area contributed by atoms with Gasteiger partial charge in [-0.25, -0.2) is 4.39 Å². The SMILES string of the molecule is CCNc1nc(Oc2ccccc2F)nc(N(C)C)n1. The third-order valence-corrected chi connectivity index (χ3v) is 2.38. The van der Waals surface area contributed by atoms with Gasteiger partial charge >= 0.3 is 6.01 Å². The van der Waals surface area contributed by atoms with Gasteiger partial charge in [-0.3, -0.25) is 0 Å². The Bertz CT molecular complexity index is 591. The third kappa shape index (κ3) is 3.31. The van der Waals surface area contributed by atoms with Crippen LogP contribution in [-0.4, -0.2) is 35.6 Å². The van der Waals surface area contributed by atoms with Crippen molar-refractivity contribution in [1.82, 2.24) is 15.0 Å². The van der Waals surface area contributed by atoms with E-state index < -0.39 is 5.82 Å². The van der Waals surface area contributed by atoms with Gasteiger partial charge < -0.3 is 15.0 Å². The largest absolute Gasteiger partial charge is 0.421 e. The number of nitrogens with zero attached hydrogens (tertiary/aromatic N) is 4. The van der Waals surface area contributed by atoms with E-state index in [4.69, 9.17) is 4.74 Å². The first-order valence-electron chi connectivity index (χ1n) is 6.19. The molecule has 0 amide bonds. The van der Waals surface area contributed by atoms with Crippen LogP contribution < -0.4 is 15.0 Å². The van der Waals surface area contributed by atoms with E-state index >= 15 is 0 Å². The number of para-hydroxylation sites is 1. The highest BCUT2D eigenvalue weighted by molar-refractivity contribution is 5.38. The Kier molecular flexibility index (Phi) is 4.29. The summed E-state index contributed by atoms with van der Waals surface area (Å²) in [7, 11) is 3.61. The van der Waals surface area contributed by atoms with Gasteiger partial charge in [-0.2, -0.15) is 15.0 Å². The Morgan fingerprint density at radius 2 is 1.95 bits per heavy atom. The van der Waals surface area contributed by atoms with Crippen molar-refractivity contribution >= 4 is 11.9 Å². The number of aromatic nitrogens is 3. The lowest BCUT2D eigenvalue weighted by Crippen LogP contribution is -2.15. The van der Waals surface area contributed by atoms with E-state index in [1.807, 2.05) is 6.92 Å². The molecule has 0 aliphatic carbocycles. The van der Waals surface area contributed by atoms with Gasteiger partial charge in [-0.05, 0) is 19.1 Å². The van der Waals surface area contributed by atoms with E-state index in [0.29, 0.717) is 18.4 Å². The maximum atomic E-state index is 13.6. The van der Waals surface area contributed by atoms with Crippen LogP contribution in [-0.2, 0) is 0 Å². The van der Waals surface area contributed by atoms with Gasteiger partial charge in [0.2, 0.25) is 11.9 Å². The average molecular weight is 277 g/mol. The van der Waals surface area contributed by atoms with Crippen LogP contribution in [0.3, 0.4) is 0 Å². The van der Waals surface area contributed by atoms with E-state index in [2.05, 4.69) is 20.3 Å². The Morgan fingerprint density at radius 1 is 1.20 bits per heavy atom.